The lowest BCUT2D eigenvalue weighted by Crippen LogP contribution is -2.51. The van der Waals surface area contributed by atoms with E-state index in [4.69, 9.17) is 4.74 Å². The quantitative estimate of drug-likeness (QED) is 0.761. The molecule has 0 aliphatic carbocycles. The summed E-state index contributed by atoms with van der Waals surface area (Å²) in [7, 11) is -3.73. The average molecular weight is 448 g/mol. The number of aromatic nitrogens is 1. The first-order valence-corrected chi connectivity index (χ1v) is 11.9. The molecule has 7 nitrogen and oxygen atoms in total. The normalized spacial score (nSPS) is 21.6. The number of nitrogens with zero attached hydrogens (tertiary/aromatic N) is 2. The van der Waals surface area contributed by atoms with Crippen molar-refractivity contribution >= 4 is 15.9 Å². The zero-order valence-corrected chi connectivity index (χ0v) is 18.0. The fraction of sp³-hybridized carbons (Fsp3) is 0.455. The Bertz CT molecular complexity index is 1020. The Kier molecular flexibility index (Phi) is 6.36. The van der Waals surface area contributed by atoms with Crippen LogP contribution in [0.25, 0.3) is 0 Å². The molecule has 2 saturated heterocycles. The van der Waals surface area contributed by atoms with Crippen LogP contribution in [-0.2, 0) is 14.8 Å². The highest BCUT2D eigenvalue weighted by Crippen LogP contribution is 2.38. The summed E-state index contributed by atoms with van der Waals surface area (Å²) in [6.07, 6.45) is 4.35. The van der Waals surface area contributed by atoms with E-state index in [2.05, 4.69) is 10.3 Å². The fourth-order valence-corrected chi connectivity index (χ4v) is 5.86. The highest BCUT2D eigenvalue weighted by molar-refractivity contribution is 7.89. The van der Waals surface area contributed by atoms with Gasteiger partial charge in [-0.1, -0.05) is 12.1 Å². The second-order valence-corrected chi connectivity index (χ2v) is 10.1. The number of nitrogens with one attached hydrogen (secondary N) is 1. The number of hydrogen-bond acceptors (Lipinski definition) is 5. The Morgan fingerprint density at radius 2 is 2.03 bits per heavy atom. The molecular weight excluding hydrogens is 421 g/mol. The van der Waals surface area contributed by atoms with Gasteiger partial charge in [-0.15, -0.1) is 0 Å². The van der Waals surface area contributed by atoms with Crippen LogP contribution in [0.1, 0.15) is 36.2 Å². The molecule has 4 rings (SSSR count). The van der Waals surface area contributed by atoms with Crippen molar-refractivity contribution in [3.05, 3.63) is 60.2 Å². The van der Waals surface area contributed by atoms with Crippen molar-refractivity contribution in [3.63, 3.8) is 0 Å². The van der Waals surface area contributed by atoms with Gasteiger partial charge in [-0.3, -0.25) is 9.78 Å². The van der Waals surface area contributed by atoms with Gasteiger partial charge in [0, 0.05) is 32.4 Å². The molecule has 0 radical (unpaired) electrons. The molecule has 1 amide bonds. The van der Waals surface area contributed by atoms with Crippen LogP contribution in [0, 0.1) is 11.7 Å². The molecule has 1 N–H and O–H groups in total. The van der Waals surface area contributed by atoms with Crippen LogP contribution in [0.4, 0.5) is 4.39 Å². The number of piperidine rings is 1. The van der Waals surface area contributed by atoms with Crippen LogP contribution in [0.5, 0.6) is 0 Å². The van der Waals surface area contributed by atoms with Crippen LogP contribution in [0.15, 0.2) is 53.6 Å². The number of carbonyl (C=O) groups is 1. The molecule has 1 atom stereocenters. The van der Waals surface area contributed by atoms with E-state index in [1.165, 1.54) is 22.5 Å². The number of sulfonamides is 1. The van der Waals surface area contributed by atoms with E-state index in [-0.39, 0.29) is 22.3 Å². The van der Waals surface area contributed by atoms with E-state index in [0.29, 0.717) is 44.8 Å². The Balaban J connectivity index is 1.34. The van der Waals surface area contributed by atoms with E-state index in [0.717, 1.165) is 18.9 Å². The van der Waals surface area contributed by atoms with Crippen LogP contribution in [-0.4, -0.2) is 55.5 Å². The maximum absolute atomic E-state index is 13.5. The molecule has 2 aliphatic heterocycles. The predicted molar refractivity (Wildman–Crippen MR) is 112 cm³/mol. The van der Waals surface area contributed by atoms with Crippen molar-refractivity contribution in [2.45, 2.75) is 36.2 Å². The number of amides is 1. The Labute approximate surface area is 181 Å². The van der Waals surface area contributed by atoms with Gasteiger partial charge in [0.1, 0.15) is 11.5 Å². The smallest absolute Gasteiger partial charge is 0.269 e. The minimum absolute atomic E-state index is 0.0249. The Hall–Kier alpha value is -2.36. The minimum atomic E-state index is -3.73. The maximum atomic E-state index is 13.5. The molecule has 2 aromatic rings. The summed E-state index contributed by atoms with van der Waals surface area (Å²) in [5, 5.41) is 2.95. The van der Waals surface area contributed by atoms with Gasteiger partial charge in [-0.25, -0.2) is 12.8 Å². The maximum Gasteiger partial charge on any atom is 0.269 e. The number of ether oxygens (including phenoxy) is 1. The minimum Gasteiger partial charge on any atom is -0.375 e. The first-order chi connectivity index (χ1) is 14.9. The summed E-state index contributed by atoms with van der Waals surface area (Å²) >= 11 is 0. The number of carbonyl (C=O) groups excluding carboxylic acids is 1. The van der Waals surface area contributed by atoms with Gasteiger partial charge in [-0.05, 0) is 61.9 Å². The molecule has 3 heterocycles. The second-order valence-electron chi connectivity index (χ2n) is 8.18. The van der Waals surface area contributed by atoms with E-state index in [9.17, 15) is 17.6 Å². The summed E-state index contributed by atoms with van der Waals surface area (Å²) < 4.78 is 46.7. The largest absolute Gasteiger partial charge is 0.375 e. The van der Waals surface area contributed by atoms with Crippen molar-refractivity contribution in [1.82, 2.24) is 14.6 Å². The lowest BCUT2D eigenvalue weighted by molar-refractivity contribution is -0.119. The molecule has 1 spiro atoms. The van der Waals surface area contributed by atoms with Gasteiger partial charge in [0.15, 0.2) is 0 Å². The molecule has 9 heteroatoms. The number of rotatable bonds is 5. The summed E-state index contributed by atoms with van der Waals surface area (Å²) in [6, 6.07) is 10.3. The summed E-state index contributed by atoms with van der Waals surface area (Å²) in [6.45, 7) is 1.77. The van der Waals surface area contributed by atoms with Crippen molar-refractivity contribution < 1.29 is 22.3 Å². The standard InChI is InChI=1S/C22H26FN3O4S/c23-18-4-3-5-19(14-18)31(28,29)26-11-8-22(9-12-26)15-17(7-13-30-22)16-25-21(27)20-6-1-2-10-24-20/h1-6,10,14,17H,7-9,11-13,15-16H2,(H,25,27). The summed E-state index contributed by atoms with van der Waals surface area (Å²) in [4.78, 5) is 16.3. The van der Waals surface area contributed by atoms with Crippen LogP contribution in [0.2, 0.25) is 0 Å². The number of halogens is 1. The third-order valence-corrected chi connectivity index (χ3v) is 8.01. The zero-order chi connectivity index (χ0) is 21.9. The van der Waals surface area contributed by atoms with Crippen molar-refractivity contribution in [3.8, 4) is 0 Å². The first-order valence-electron chi connectivity index (χ1n) is 10.5. The van der Waals surface area contributed by atoms with Crippen molar-refractivity contribution in [2.75, 3.05) is 26.2 Å². The van der Waals surface area contributed by atoms with Crippen LogP contribution < -0.4 is 5.32 Å². The molecule has 0 saturated carbocycles. The average Bonchev–Trinajstić information content (AvgIpc) is 2.78. The lowest BCUT2D eigenvalue weighted by atomic mass is 9.80. The zero-order valence-electron chi connectivity index (χ0n) is 17.2. The highest BCUT2D eigenvalue weighted by atomic mass is 32.2. The van der Waals surface area contributed by atoms with Gasteiger partial charge in [0.25, 0.3) is 5.91 Å². The molecule has 1 aromatic heterocycles. The Morgan fingerprint density at radius 3 is 2.74 bits per heavy atom. The first kappa shape index (κ1) is 21.9. The van der Waals surface area contributed by atoms with Gasteiger partial charge in [0.05, 0.1) is 10.5 Å². The summed E-state index contributed by atoms with van der Waals surface area (Å²) in [5.74, 6) is -0.509. The molecule has 2 aliphatic rings. The topological polar surface area (TPSA) is 88.6 Å². The Morgan fingerprint density at radius 1 is 1.23 bits per heavy atom. The second kappa shape index (κ2) is 9.02. The number of hydrogen-bond donors (Lipinski definition) is 1. The molecule has 0 bridgehead atoms. The van der Waals surface area contributed by atoms with Gasteiger partial charge < -0.3 is 10.1 Å². The molecule has 31 heavy (non-hydrogen) atoms. The molecule has 166 valence electrons. The third-order valence-electron chi connectivity index (χ3n) is 6.11. The van der Waals surface area contributed by atoms with Crippen molar-refractivity contribution in [2.24, 2.45) is 5.92 Å². The van der Waals surface area contributed by atoms with E-state index < -0.39 is 15.8 Å². The van der Waals surface area contributed by atoms with Crippen molar-refractivity contribution in [1.29, 1.82) is 0 Å². The lowest BCUT2D eigenvalue weighted by Gasteiger charge is -2.45. The number of pyridine rings is 1. The third kappa shape index (κ3) is 4.94. The number of benzene rings is 1. The molecule has 2 fully saturated rings. The van der Waals surface area contributed by atoms with Gasteiger partial charge >= 0.3 is 0 Å². The monoisotopic (exact) mass is 447 g/mol. The van der Waals surface area contributed by atoms with Crippen LogP contribution >= 0.6 is 0 Å². The van der Waals surface area contributed by atoms with Crippen LogP contribution in [0.3, 0.4) is 0 Å². The molecule has 1 unspecified atom stereocenters. The molecule has 1 aromatic carbocycles. The fourth-order valence-electron chi connectivity index (χ4n) is 4.39. The SMILES string of the molecule is O=C(NCC1CCOC2(CCN(S(=O)(=O)c3cccc(F)c3)CC2)C1)c1ccccn1. The van der Waals surface area contributed by atoms with Gasteiger partial charge in [0.2, 0.25) is 10.0 Å². The van der Waals surface area contributed by atoms with E-state index in [1.54, 1.807) is 24.4 Å². The summed E-state index contributed by atoms with van der Waals surface area (Å²) in [5.41, 5.74) is 0.00667. The van der Waals surface area contributed by atoms with Gasteiger partial charge in [-0.2, -0.15) is 4.31 Å². The molecular formula is C22H26FN3O4S. The highest BCUT2D eigenvalue weighted by Gasteiger charge is 2.42. The predicted octanol–water partition coefficient (Wildman–Crippen LogP) is 2.60. The van der Waals surface area contributed by atoms with E-state index in [1.807, 2.05) is 0 Å². The van der Waals surface area contributed by atoms with E-state index >= 15 is 0 Å².